The molecule has 2 N–H and O–H groups in total. The maximum absolute atomic E-state index is 4.47. The zero-order chi connectivity index (χ0) is 24.4. The van der Waals surface area contributed by atoms with E-state index in [9.17, 15) is 0 Å². The van der Waals surface area contributed by atoms with E-state index >= 15 is 0 Å². The number of pyridine rings is 2. The molecule has 174 valence electrons. The summed E-state index contributed by atoms with van der Waals surface area (Å²) in [6.07, 6.45) is 5.60. The number of anilines is 1. The molecule has 0 atom stereocenters. The molecular formula is C27H36N6. The molecule has 33 heavy (non-hydrogen) atoms. The zero-order valence-electron chi connectivity index (χ0n) is 20.9. The molecule has 4 aromatic rings. The van der Waals surface area contributed by atoms with Crippen LogP contribution in [0, 0.1) is 6.92 Å². The smallest absolute Gasteiger partial charge is 0.116 e. The van der Waals surface area contributed by atoms with Crippen molar-refractivity contribution in [3.63, 3.8) is 0 Å². The molecular weight excluding hydrogens is 408 g/mol. The van der Waals surface area contributed by atoms with Crippen molar-refractivity contribution in [2.75, 3.05) is 19.4 Å². The van der Waals surface area contributed by atoms with E-state index in [0.29, 0.717) is 0 Å². The topological polar surface area (TPSA) is 69.7 Å². The van der Waals surface area contributed by atoms with Gasteiger partial charge in [-0.25, -0.2) is 0 Å². The van der Waals surface area contributed by atoms with Gasteiger partial charge in [0.1, 0.15) is 5.69 Å². The van der Waals surface area contributed by atoms with Gasteiger partial charge >= 0.3 is 0 Å². The van der Waals surface area contributed by atoms with E-state index in [0.717, 1.165) is 51.3 Å². The number of rotatable bonds is 6. The Morgan fingerprint density at radius 1 is 0.970 bits per heavy atom. The summed E-state index contributed by atoms with van der Waals surface area (Å²) in [7, 11) is 4.11. The van der Waals surface area contributed by atoms with E-state index < -0.39 is 0 Å². The molecule has 0 spiro atoms. The molecule has 0 saturated carbocycles. The lowest BCUT2D eigenvalue weighted by Crippen LogP contribution is -2.10. The Morgan fingerprint density at radius 3 is 2.39 bits per heavy atom. The van der Waals surface area contributed by atoms with Crippen LogP contribution in [0.4, 0.5) is 5.69 Å². The summed E-state index contributed by atoms with van der Waals surface area (Å²) < 4.78 is 0. The second kappa shape index (κ2) is 12.5. The van der Waals surface area contributed by atoms with Gasteiger partial charge in [-0.2, -0.15) is 5.10 Å². The first-order valence-electron chi connectivity index (χ1n) is 11.5. The van der Waals surface area contributed by atoms with Gasteiger partial charge in [0.25, 0.3) is 0 Å². The van der Waals surface area contributed by atoms with Crippen molar-refractivity contribution in [2.24, 2.45) is 0 Å². The average Bonchev–Trinajstić information content (AvgIpc) is 3.26. The molecule has 0 bridgehead atoms. The van der Waals surface area contributed by atoms with E-state index in [-0.39, 0.29) is 0 Å². The molecule has 1 aromatic carbocycles. The SMILES string of the molecule is C=C(Nc1ccc(C)nc1)c1n[nH]c2ccc(-c3cncc(CN(C)C)c3)cc12.CC.CC. The number of aromatic nitrogens is 4. The van der Waals surface area contributed by atoms with Gasteiger partial charge < -0.3 is 10.2 Å². The van der Waals surface area contributed by atoms with Gasteiger partial charge in [0.05, 0.1) is 23.1 Å². The first-order valence-corrected chi connectivity index (χ1v) is 11.5. The van der Waals surface area contributed by atoms with E-state index in [1.54, 1.807) is 6.20 Å². The minimum Gasteiger partial charge on any atom is -0.353 e. The maximum Gasteiger partial charge on any atom is 0.116 e. The van der Waals surface area contributed by atoms with E-state index in [1.165, 1.54) is 5.56 Å². The van der Waals surface area contributed by atoms with Gasteiger partial charge in [0, 0.05) is 35.6 Å². The van der Waals surface area contributed by atoms with Crippen LogP contribution in [-0.2, 0) is 6.54 Å². The van der Waals surface area contributed by atoms with Gasteiger partial charge in [-0.15, -0.1) is 0 Å². The van der Waals surface area contributed by atoms with Crippen LogP contribution in [0.5, 0.6) is 0 Å². The highest BCUT2D eigenvalue weighted by Crippen LogP contribution is 2.28. The van der Waals surface area contributed by atoms with Crippen LogP contribution in [0.15, 0.2) is 61.6 Å². The summed E-state index contributed by atoms with van der Waals surface area (Å²) in [4.78, 5) is 10.9. The van der Waals surface area contributed by atoms with Crippen molar-refractivity contribution < 1.29 is 0 Å². The third kappa shape index (κ3) is 6.73. The van der Waals surface area contributed by atoms with Gasteiger partial charge in [-0.1, -0.05) is 40.3 Å². The third-order valence-corrected chi connectivity index (χ3v) is 4.68. The van der Waals surface area contributed by atoms with Gasteiger partial charge in [-0.05, 0) is 62.5 Å². The fraction of sp³-hybridized carbons (Fsp3) is 0.296. The fourth-order valence-corrected chi connectivity index (χ4v) is 3.30. The summed E-state index contributed by atoms with van der Waals surface area (Å²) in [5.41, 5.74) is 7.69. The number of nitrogens with one attached hydrogen (secondary N) is 2. The largest absolute Gasteiger partial charge is 0.353 e. The highest BCUT2D eigenvalue weighted by Gasteiger charge is 2.11. The normalized spacial score (nSPS) is 10.2. The van der Waals surface area contributed by atoms with E-state index in [1.807, 2.05) is 65.2 Å². The van der Waals surface area contributed by atoms with Gasteiger partial charge in [-0.3, -0.25) is 15.1 Å². The van der Waals surface area contributed by atoms with Crippen LogP contribution in [0.1, 0.15) is 44.6 Å². The van der Waals surface area contributed by atoms with Crippen LogP contribution in [0.3, 0.4) is 0 Å². The summed E-state index contributed by atoms with van der Waals surface area (Å²) in [6, 6.07) is 12.4. The minimum atomic E-state index is 0.721. The second-order valence-corrected chi connectivity index (χ2v) is 7.44. The monoisotopic (exact) mass is 444 g/mol. The van der Waals surface area contributed by atoms with Crippen molar-refractivity contribution in [1.29, 1.82) is 0 Å². The lowest BCUT2D eigenvalue weighted by molar-refractivity contribution is 0.402. The number of hydrogen-bond acceptors (Lipinski definition) is 5. The molecule has 4 rings (SSSR count). The lowest BCUT2D eigenvalue weighted by Gasteiger charge is -2.11. The molecule has 3 heterocycles. The van der Waals surface area contributed by atoms with Crippen molar-refractivity contribution in [3.8, 4) is 11.1 Å². The first kappa shape index (κ1) is 25.7. The Kier molecular flexibility index (Phi) is 9.76. The third-order valence-electron chi connectivity index (χ3n) is 4.68. The Balaban J connectivity index is 0.000000914. The Bertz CT molecular complexity index is 1160. The highest BCUT2D eigenvalue weighted by molar-refractivity contribution is 5.94. The molecule has 0 saturated heterocycles. The lowest BCUT2D eigenvalue weighted by atomic mass is 10.0. The average molecular weight is 445 g/mol. The van der Waals surface area contributed by atoms with Crippen molar-refractivity contribution in [2.45, 2.75) is 41.2 Å². The number of benzene rings is 1. The summed E-state index contributed by atoms with van der Waals surface area (Å²) in [5.74, 6) is 0. The number of fused-ring (bicyclic) bond motifs is 1. The highest BCUT2D eigenvalue weighted by atomic mass is 15.1. The molecule has 6 heteroatoms. The summed E-state index contributed by atoms with van der Waals surface area (Å²) in [6.45, 7) is 15.0. The van der Waals surface area contributed by atoms with E-state index in [2.05, 4.69) is 69.3 Å². The van der Waals surface area contributed by atoms with Crippen LogP contribution in [0.2, 0.25) is 0 Å². The molecule has 3 aromatic heterocycles. The van der Waals surface area contributed by atoms with E-state index in [4.69, 9.17) is 0 Å². The van der Waals surface area contributed by atoms with Crippen LogP contribution in [-0.4, -0.2) is 39.2 Å². The van der Waals surface area contributed by atoms with Crippen molar-refractivity contribution in [1.82, 2.24) is 25.1 Å². The maximum atomic E-state index is 4.47. The van der Waals surface area contributed by atoms with Crippen LogP contribution < -0.4 is 5.32 Å². The molecule has 6 nitrogen and oxygen atoms in total. The molecule has 0 aliphatic rings. The molecule has 0 unspecified atom stereocenters. The Hall–Kier alpha value is -3.51. The molecule has 0 aliphatic heterocycles. The Morgan fingerprint density at radius 2 is 1.73 bits per heavy atom. The van der Waals surface area contributed by atoms with Gasteiger partial charge in [0.15, 0.2) is 0 Å². The summed E-state index contributed by atoms with van der Waals surface area (Å²) >= 11 is 0. The first-order chi connectivity index (χ1) is 16.0. The summed E-state index contributed by atoms with van der Waals surface area (Å²) in [5, 5.41) is 11.9. The minimum absolute atomic E-state index is 0.721. The predicted molar refractivity (Wildman–Crippen MR) is 141 cm³/mol. The molecule has 0 aliphatic carbocycles. The molecule has 0 radical (unpaired) electrons. The zero-order valence-corrected chi connectivity index (χ0v) is 20.9. The Labute approximate surface area is 197 Å². The van der Waals surface area contributed by atoms with Gasteiger partial charge in [0.2, 0.25) is 0 Å². The standard InChI is InChI=1S/C23H24N6.2C2H6/c1-15-5-7-20(13-25-15)26-16(2)23-21-10-18(6-8-22(21)27-28-23)19-9-17(11-24-12-19)14-29(3)4;2*1-2/h5-13,26H,2,14H2,1,3-4H3,(H,27,28);2*1-2H3. The number of hydrogen-bond donors (Lipinski definition) is 2. The number of aromatic amines is 1. The number of H-pyrrole nitrogens is 1. The van der Waals surface area contributed by atoms with Crippen molar-refractivity contribution >= 4 is 22.3 Å². The second-order valence-electron chi connectivity index (χ2n) is 7.44. The molecule has 0 amide bonds. The fourth-order valence-electron chi connectivity index (χ4n) is 3.30. The van der Waals surface area contributed by atoms with Crippen LogP contribution >= 0.6 is 0 Å². The van der Waals surface area contributed by atoms with Crippen molar-refractivity contribution in [3.05, 3.63) is 78.5 Å². The quantitative estimate of drug-likeness (QED) is 0.354. The molecule has 0 fully saturated rings. The predicted octanol–water partition coefficient (Wildman–Crippen LogP) is 6.53. The number of nitrogens with zero attached hydrogens (tertiary/aromatic N) is 4. The van der Waals surface area contributed by atoms with Crippen LogP contribution in [0.25, 0.3) is 27.7 Å². The number of aryl methyl sites for hydroxylation is 1.